The largest absolute Gasteiger partial charge is 0.304 e. The molecule has 0 saturated carbocycles. The van der Waals surface area contributed by atoms with E-state index in [1.54, 1.807) is 36.5 Å². The average Bonchev–Trinajstić information content (AvgIpc) is 2.62. The maximum Gasteiger partial charge on any atom is 0.181 e. The van der Waals surface area contributed by atoms with Gasteiger partial charge in [0.15, 0.2) is 5.78 Å². The number of pyridine rings is 1. The molecule has 126 valence electrons. The Kier molecular flexibility index (Phi) is 5.02. The van der Waals surface area contributed by atoms with Crippen LogP contribution in [0.5, 0.6) is 0 Å². The SMILES string of the molecule is C[C@@H](C(=O)c1ccc(-c2ccccc2F)nc1)N1CCN(C)CC1. The Morgan fingerprint density at radius 3 is 2.46 bits per heavy atom. The third-order valence-corrected chi connectivity index (χ3v) is 4.66. The van der Waals surface area contributed by atoms with Gasteiger partial charge in [-0.15, -0.1) is 0 Å². The van der Waals surface area contributed by atoms with Crippen molar-refractivity contribution in [3.8, 4) is 11.3 Å². The smallest absolute Gasteiger partial charge is 0.181 e. The van der Waals surface area contributed by atoms with E-state index in [9.17, 15) is 9.18 Å². The van der Waals surface area contributed by atoms with Gasteiger partial charge in [-0.2, -0.15) is 0 Å². The summed E-state index contributed by atoms with van der Waals surface area (Å²) >= 11 is 0. The van der Waals surface area contributed by atoms with Crippen molar-refractivity contribution in [3.63, 3.8) is 0 Å². The molecule has 5 heteroatoms. The zero-order valence-electron chi connectivity index (χ0n) is 14.1. The number of benzene rings is 1. The Morgan fingerprint density at radius 1 is 1.12 bits per heavy atom. The van der Waals surface area contributed by atoms with Crippen molar-refractivity contribution in [1.29, 1.82) is 0 Å². The van der Waals surface area contributed by atoms with Gasteiger partial charge in [-0.1, -0.05) is 12.1 Å². The van der Waals surface area contributed by atoms with Crippen LogP contribution in [0.25, 0.3) is 11.3 Å². The number of halogens is 1. The van der Waals surface area contributed by atoms with Crippen LogP contribution in [0.1, 0.15) is 17.3 Å². The standard InChI is InChI=1S/C19H22FN3O/c1-14(23-11-9-22(2)10-12-23)19(24)15-7-8-18(21-13-15)16-5-3-4-6-17(16)20/h3-8,13-14H,9-12H2,1-2H3/t14-/m0/s1. The first kappa shape index (κ1) is 16.7. The lowest BCUT2D eigenvalue weighted by molar-refractivity contribution is 0.0737. The van der Waals surface area contributed by atoms with E-state index in [1.807, 2.05) is 6.92 Å². The van der Waals surface area contributed by atoms with Crippen LogP contribution in [0.3, 0.4) is 0 Å². The Balaban J connectivity index is 1.73. The van der Waals surface area contributed by atoms with E-state index in [0.29, 0.717) is 16.8 Å². The monoisotopic (exact) mass is 327 g/mol. The van der Waals surface area contributed by atoms with Crippen LogP contribution in [-0.2, 0) is 0 Å². The normalized spacial score (nSPS) is 17.6. The fourth-order valence-corrected chi connectivity index (χ4v) is 2.98. The second-order valence-corrected chi connectivity index (χ2v) is 6.29. The first-order valence-corrected chi connectivity index (χ1v) is 8.24. The predicted octanol–water partition coefficient (Wildman–Crippen LogP) is 2.71. The number of Topliss-reactive ketones (excluding diaryl/α,β-unsaturated/α-hetero) is 1. The summed E-state index contributed by atoms with van der Waals surface area (Å²) in [6.07, 6.45) is 1.55. The summed E-state index contributed by atoms with van der Waals surface area (Å²) < 4.78 is 13.8. The number of nitrogens with zero attached hydrogens (tertiary/aromatic N) is 3. The zero-order chi connectivity index (χ0) is 17.1. The highest BCUT2D eigenvalue weighted by Crippen LogP contribution is 2.21. The third kappa shape index (κ3) is 3.52. The number of hydrogen-bond donors (Lipinski definition) is 0. The molecule has 1 atom stereocenters. The van der Waals surface area contributed by atoms with Gasteiger partial charge < -0.3 is 4.90 Å². The molecular weight excluding hydrogens is 305 g/mol. The van der Waals surface area contributed by atoms with Crippen molar-refractivity contribution < 1.29 is 9.18 Å². The number of carbonyl (C=O) groups excluding carboxylic acids is 1. The molecule has 4 nitrogen and oxygen atoms in total. The molecule has 1 saturated heterocycles. The molecule has 0 bridgehead atoms. The molecule has 1 aromatic heterocycles. The second-order valence-electron chi connectivity index (χ2n) is 6.29. The van der Waals surface area contributed by atoms with Gasteiger partial charge in [0.1, 0.15) is 5.82 Å². The first-order valence-electron chi connectivity index (χ1n) is 8.24. The summed E-state index contributed by atoms with van der Waals surface area (Å²) in [6, 6.07) is 9.80. The summed E-state index contributed by atoms with van der Waals surface area (Å²) in [7, 11) is 2.09. The number of piperazine rings is 1. The summed E-state index contributed by atoms with van der Waals surface area (Å²) in [5.74, 6) is -0.248. The topological polar surface area (TPSA) is 36.4 Å². The lowest BCUT2D eigenvalue weighted by atomic mass is 10.0. The molecule has 0 radical (unpaired) electrons. The van der Waals surface area contributed by atoms with E-state index in [2.05, 4.69) is 21.8 Å². The molecule has 0 unspecified atom stereocenters. The van der Waals surface area contributed by atoms with Crippen molar-refractivity contribution in [2.24, 2.45) is 0 Å². The first-order chi connectivity index (χ1) is 11.6. The Labute approximate surface area is 141 Å². The minimum atomic E-state index is -0.310. The number of ketones is 1. The molecule has 1 aliphatic heterocycles. The van der Waals surface area contributed by atoms with E-state index in [1.165, 1.54) is 6.07 Å². The molecule has 1 fully saturated rings. The molecule has 24 heavy (non-hydrogen) atoms. The van der Waals surface area contributed by atoms with Crippen LogP contribution >= 0.6 is 0 Å². The minimum absolute atomic E-state index is 0.0622. The Bertz CT molecular complexity index is 709. The average molecular weight is 327 g/mol. The van der Waals surface area contributed by atoms with Gasteiger partial charge in [-0.05, 0) is 38.2 Å². The van der Waals surface area contributed by atoms with Crippen LogP contribution < -0.4 is 0 Å². The molecule has 1 aromatic carbocycles. The molecule has 1 aliphatic rings. The highest BCUT2D eigenvalue weighted by molar-refractivity contribution is 5.99. The van der Waals surface area contributed by atoms with E-state index < -0.39 is 0 Å². The maximum absolute atomic E-state index is 13.8. The van der Waals surface area contributed by atoms with Crippen molar-refractivity contribution in [2.45, 2.75) is 13.0 Å². The highest BCUT2D eigenvalue weighted by atomic mass is 19.1. The van der Waals surface area contributed by atoms with Crippen molar-refractivity contribution in [1.82, 2.24) is 14.8 Å². The van der Waals surface area contributed by atoms with Crippen LogP contribution in [0.4, 0.5) is 4.39 Å². The third-order valence-electron chi connectivity index (χ3n) is 4.66. The summed E-state index contributed by atoms with van der Waals surface area (Å²) in [5, 5.41) is 0. The molecular formula is C19H22FN3O. The molecule has 3 rings (SSSR count). The molecule has 0 N–H and O–H groups in total. The van der Waals surface area contributed by atoms with Crippen molar-refractivity contribution in [3.05, 3.63) is 54.0 Å². The number of carbonyl (C=O) groups is 1. The summed E-state index contributed by atoms with van der Waals surface area (Å²) in [4.78, 5) is 21.4. The zero-order valence-corrected chi connectivity index (χ0v) is 14.1. The quantitative estimate of drug-likeness (QED) is 0.809. The molecule has 0 aliphatic carbocycles. The van der Waals surface area contributed by atoms with E-state index >= 15 is 0 Å². The van der Waals surface area contributed by atoms with Gasteiger partial charge in [0.05, 0.1) is 11.7 Å². The maximum atomic E-state index is 13.8. The predicted molar refractivity (Wildman–Crippen MR) is 92.5 cm³/mol. The summed E-state index contributed by atoms with van der Waals surface area (Å²) in [5.41, 5.74) is 1.56. The number of rotatable bonds is 4. The number of hydrogen-bond acceptors (Lipinski definition) is 4. The minimum Gasteiger partial charge on any atom is -0.304 e. The molecule has 0 amide bonds. The lowest BCUT2D eigenvalue weighted by Crippen LogP contribution is -2.50. The molecule has 0 spiro atoms. The molecule has 2 aromatic rings. The lowest BCUT2D eigenvalue weighted by Gasteiger charge is -2.35. The van der Waals surface area contributed by atoms with Crippen LogP contribution in [0.15, 0.2) is 42.6 Å². The summed E-state index contributed by atoms with van der Waals surface area (Å²) in [6.45, 7) is 5.68. The van der Waals surface area contributed by atoms with Crippen molar-refractivity contribution >= 4 is 5.78 Å². The van der Waals surface area contributed by atoms with Gasteiger partial charge >= 0.3 is 0 Å². The fourth-order valence-electron chi connectivity index (χ4n) is 2.98. The van der Waals surface area contributed by atoms with E-state index in [4.69, 9.17) is 0 Å². The van der Waals surface area contributed by atoms with Gasteiger partial charge in [-0.3, -0.25) is 14.7 Å². The van der Waals surface area contributed by atoms with Gasteiger partial charge in [0.25, 0.3) is 0 Å². The van der Waals surface area contributed by atoms with E-state index in [0.717, 1.165) is 26.2 Å². The van der Waals surface area contributed by atoms with Crippen molar-refractivity contribution in [2.75, 3.05) is 33.2 Å². The van der Waals surface area contributed by atoms with Gasteiger partial charge in [0, 0.05) is 43.5 Å². The van der Waals surface area contributed by atoms with Gasteiger partial charge in [0.2, 0.25) is 0 Å². The van der Waals surface area contributed by atoms with E-state index in [-0.39, 0.29) is 17.6 Å². The van der Waals surface area contributed by atoms with Crippen LogP contribution in [0, 0.1) is 5.82 Å². The number of likely N-dealkylation sites (N-methyl/N-ethyl adjacent to an activating group) is 1. The van der Waals surface area contributed by atoms with Crippen LogP contribution in [-0.4, -0.2) is 59.8 Å². The number of aromatic nitrogens is 1. The Hall–Kier alpha value is -2.11. The fraction of sp³-hybridized carbons (Fsp3) is 0.368. The second kappa shape index (κ2) is 7.20. The van der Waals surface area contributed by atoms with Crippen LogP contribution in [0.2, 0.25) is 0 Å². The highest BCUT2D eigenvalue weighted by Gasteiger charge is 2.25. The van der Waals surface area contributed by atoms with Gasteiger partial charge in [-0.25, -0.2) is 4.39 Å². The molecule has 2 heterocycles. The Morgan fingerprint density at radius 2 is 1.83 bits per heavy atom.